The van der Waals surface area contributed by atoms with E-state index in [1.807, 2.05) is 38.1 Å². The number of methoxy groups -OCH3 is 1. The van der Waals surface area contributed by atoms with Crippen LogP contribution < -0.4 is 15.0 Å². The Kier molecular flexibility index (Phi) is 5.53. The van der Waals surface area contributed by atoms with Crippen molar-refractivity contribution in [1.82, 2.24) is 0 Å². The van der Waals surface area contributed by atoms with Crippen LogP contribution >= 0.6 is 11.6 Å². The Labute approximate surface area is 185 Å². The lowest BCUT2D eigenvalue weighted by atomic mass is 10.0. The van der Waals surface area contributed by atoms with E-state index in [-0.39, 0.29) is 5.70 Å². The number of ether oxygens (including phenoxy) is 1. The first-order valence-electron chi connectivity index (χ1n) is 9.76. The molecule has 156 valence electrons. The number of nitrogens with one attached hydrogen (secondary N) is 1. The normalized spacial score (nSPS) is 13.7. The van der Waals surface area contributed by atoms with Crippen LogP contribution in [0.1, 0.15) is 16.7 Å². The van der Waals surface area contributed by atoms with Crippen molar-refractivity contribution in [3.05, 3.63) is 94.1 Å². The van der Waals surface area contributed by atoms with Gasteiger partial charge in [0, 0.05) is 10.7 Å². The van der Waals surface area contributed by atoms with Gasteiger partial charge in [0.2, 0.25) is 0 Å². The maximum atomic E-state index is 13.4. The minimum absolute atomic E-state index is 0.218. The van der Waals surface area contributed by atoms with E-state index in [9.17, 15) is 9.59 Å². The van der Waals surface area contributed by atoms with Crippen molar-refractivity contribution in [2.75, 3.05) is 17.3 Å². The molecule has 0 unspecified atom stereocenters. The Balaban J connectivity index is 1.80. The molecule has 0 spiro atoms. The van der Waals surface area contributed by atoms with Gasteiger partial charge in [0.15, 0.2) is 0 Å². The molecular weight excluding hydrogens is 412 g/mol. The summed E-state index contributed by atoms with van der Waals surface area (Å²) in [5.41, 5.74) is 4.24. The lowest BCUT2D eigenvalue weighted by Crippen LogP contribution is -2.32. The Bertz CT molecular complexity index is 1200. The Morgan fingerprint density at radius 3 is 2.16 bits per heavy atom. The molecule has 3 aromatic carbocycles. The molecule has 0 aliphatic carbocycles. The molecule has 0 saturated carbocycles. The van der Waals surface area contributed by atoms with Gasteiger partial charge in [-0.15, -0.1) is 0 Å². The lowest BCUT2D eigenvalue weighted by molar-refractivity contribution is -0.120. The molecule has 0 bridgehead atoms. The molecule has 1 heterocycles. The van der Waals surface area contributed by atoms with Crippen LogP contribution in [0, 0.1) is 13.8 Å². The molecule has 0 fully saturated rings. The Morgan fingerprint density at radius 2 is 1.55 bits per heavy atom. The first-order valence-corrected chi connectivity index (χ1v) is 10.1. The first-order chi connectivity index (χ1) is 14.9. The summed E-state index contributed by atoms with van der Waals surface area (Å²) in [6.07, 6.45) is 0. The molecule has 0 radical (unpaired) electrons. The molecule has 0 aromatic heterocycles. The van der Waals surface area contributed by atoms with E-state index in [0.29, 0.717) is 33.3 Å². The maximum absolute atomic E-state index is 13.4. The third-order valence-electron chi connectivity index (χ3n) is 5.20. The zero-order valence-corrected chi connectivity index (χ0v) is 18.2. The van der Waals surface area contributed by atoms with Gasteiger partial charge in [-0.2, -0.15) is 0 Å². The fourth-order valence-corrected chi connectivity index (χ4v) is 3.58. The van der Waals surface area contributed by atoms with Gasteiger partial charge in [-0.05, 0) is 61.4 Å². The van der Waals surface area contributed by atoms with Gasteiger partial charge in [0.05, 0.1) is 18.4 Å². The van der Waals surface area contributed by atoms with E-state index in [2.05, 4.69) is 5.32 Å². The number of carbonyl (C=O) groups is 2. The van der Waals surface area contributed by atoms with Gasteiger partial charge in [0.1, 0.15) is 11.4 Å². The van der Waals surface area contributed by atoms with Gasteiger partial charge in [-0.3, -0.25) is 9.59 Å². The highest BCUT2D eigenvalue weighted by molar-refractivity contribution is 6.46. The summed E-state index contributed by atoms with van der Waals surface area (Å²) in [5, 5.41) is 3.63. The number of benzene rings is 3. The summed E-state index contributed by atoms with van der Waals surface area (Å²) >= 11 is 6.26. The fourth-order valence-electron chi connectivity index (χ4n) is 3.41. The van der Waals surface area contributed by atoms with Crippen molar-refractivity contribution in [2.45, 2.75) is 13.8 Å². The number of anilines is 2. The van der Waals surface area contributed by atoms with Gasteiger partial charge >= 0.3 is 0 Å². The summed E-state index contributed by atoms with van der Waals surface area (Å²) in [4.78, 5) is 28.0. The highest BCUT2D eigenvalue weighted by Gasteiger charge is 2.40. The van der Waals surface area contributed by atoms with Crippen LogP contribution in [0.3, 0.4) is 0 Å². The van der Waals surface area contributed by atoms with Crippen LogP contribution in [0.5, 0.6) is 5.75 Å². The monoisotopic (exact) mass is 432 g/mol. The van der Waals surface area contributed by atoms with E-state index in [0.717, 1.165) is 16.0 Å². The predicted octanol–water partition coefficient (Wildman–Crippen LogP) is 5.36. The predicted molar refractivity (Wildman–Crippen MR) is 123 cm³/mol. The molecule has 1 aliphatic heterocycles. The largest absolute Gasteiger partial charge is 0.497 e. The number of carbonyl (C=O) groups excluding carboxylic acids is 2. The highest BCUT2D eigenvalue weighted by Crippen LogP contribution is 2.35. The minimum atomic E-state index is -0.434. The van der Waals surface area contributed by atoms with Crippen molar-refractivity contribution in [3.63, 3.8) is 0 Å². The first kappa shape index (κ1) is 20.7. The highest BCUT2D eigenvalue weighted by atomic mass is 35.5. The van der Waals surface area contributed by atoms with Gasteiger partial charge in [-0.1, -0.05) is 47.5 Å². The number of imide groups is 1. The Morgan fingerprint density at radius 1 is 0.871 bits per heavy atom. The van der Waals surface area contributed by atoms with Crippen molar-refractivity contribution in [3.8, 4) is 5.75 Å². The average Bonchev–Trinajstić information content (AvgIpc) is 3.01. The van der Waals surface area contributed by atoms with E-state index >= 15 is 0 Å². The van der Waals surface area contributed by atoms with Crippen LogP contribution in [0.15, 0.2) is 72.4 Å². The third-order valence-corrected chi connectivity index (χ3v) is 5.60. The van der Waals surface area contributed by atoms with Gasteiger partial charge < -0.3 is 10.1 Å². The number of aryl methyl sites for hydroxylation is 2. The lowest BCUT2D eigenvalue weighted by Gasteiger charge is -2.16. The van der Waals surface area contributed by atoms with E-state index < -0.39 is 11.8 Å². The van der Waals surface area contributed by atoms with Crippen molar-refractivity contribution in [1.29, 1.82) is 0 Å². The van der Waals surface area contributed by atoms with E-state index in [1.54, 1.807) is 49.6 Å². The Hall–Kier alpha value is -3.57. The van der Waals surface area contributed by atoms with E-state index in [4.69, 9.17) is 16.3 Å². The molecule has 1 N–H and O–H groups in total. The van der Waals surface area contributed by atoms with Crippen molar-refractivity contribution in [2.24, 2.45) is 0 Å². The van der Waals surface area contributed by atoms with Crippen LogP contribution in [0.25, 0.3) is 5.57 Å². The summed E-state index contributed by atoms with van der Waals surface area (Å²) < 4.78 is 5.19. The number of halogens is 1. The SMILES string of the molecule is COc1ccc(NC2=C(c3ccc(C)cc3)C(=O)N(c3ccc(C)c(Cl)c3)C2=O)cc1. The summed E-state index contributed by atoms with van der Waals surface area (Å²) in [5.74, 6) is -0.135. The molecule has 4 rings (SSSR count). The summed E-state index contributed by atoms with van der Waals surface area (Å²) in [6.45, 7) is 3.84. The molecule has 0 saturated heterocycles. The second kappa shape index (κ2) is 8.28. The van der Waals surface area contributed by atoms with Crippen LogP contribution in [-0.4, -0.2) is 18.9 Å². The minimum Gasteiger partial charge on any atom is -0.497 e. The van der Waals surface area contributed by atoms with Gasteiger partial charge in [-0.25, -0.2) is 4.90 Å². The topological polar surface area (TPSA) is 58.6 Å². The third kappa shape index (κ3) is 3.92. The fraction of sp³-hybridized carbons (Fsp3) is 0.120. The summed E-state index contributed by atoms with van der Waals surface area (Å²) in [6, 6.07) is 19.8. The average molecular weight is 433 g/mol. The molecule has 2 amide bonds. The zero-order valence-electron chi connectivity index (χ0n) is 17.4. The number of hydrogen-bond donors (Lipinski definition) is 1. The van der Waals surface area contributed by atoms with Crippen molar-refractivity contribution < 1.29 is 14.3 Å². The molecule has 0 atom stereocenters. The quantitative estimate of drug-likeness (QED) is 0.551. The molecule has 5 nitrogen and oxygen atoms in total. The second-order valence-corrected chi connectivity index (χ2v) is 7.76. The second-order valence-electron chi connectivity index (χ2n) is 7.35. The smallest absolute Gasteiger partial charge is 0.282 e. The summed E-state index contributed by atoms with van der Waals surface area (Å²) in [7, 11) is 1.59. The molecule has 6 heteroatoms. The van der Waals surface area contributed by atoms with Crippen molar-refractivity contribution >= 4 is 40.4 Å². The van der Waals surface area contributed by atoms with E-state index in [1.165, 1.54) is 0 Å². The number of hydrogen-bond acceptors (Lipinski definition) is 4. The molecular formula is C25H21ClN2O3. The van der Waals surface area contributed by atoms with Gasteiger partial charge in [0.25, 0.3) is 11.8 Å². The maximum Gasteiger partial charge on any atom is 0.282 e. The molecule has 1 aliphatic rings. The number of nitrogens with zero attached hydrogens (tertiary/aromatic N) is 1. The zero-order chi connectivity index (χ0) is 22.1. The van der Waals surface area contributed by atoms with Crippen LogP contribution in [-0.2, 0) is 9.59 Å². The number of rotatable bonds is 5. The number of amides is 2. The molecule has 31 heavy (non-hydrogen) atoms. The standard InChI is InChI=1S/C25H21ClN2O3/c1-15-4-7-17(8-5-15)22-23(27-18-9-12-20(31-3)13-10-18)25(30)28(24(22)29)19-11-6-16(2)21(26)14-19/h4-14,27H,1-3H3. The van der Waals surface area contributed by atoms with Crippen LogP contribution in [0.2, 0.25) is 5.02 Å². The molecule has 3 aromatic rings. The van der Waals surface area contributed by atoms with Crippen LogP contribution in [0.4, 0.5) is 11.4 Å².